The second-order valence-electron chi connectivity index (χ2n) is 3.21. The molecular weight excluding hydrogens is 230 g/mol. The first-order chi connectivity index (χ1) is 7.13. The van der Waals surface area contributed by atoms with E-state index in [4.69, 9.17) is 0 Å². The van der Waals surface area contributed by atoms with Gasteiger partial charge in [-0.3, -0.25) is 4.21 Å². The van der Waals surface area contributed by atoms with E-state index in [1.165, 1.54) is 11.5 Å². The molecule has 6 heteroatoms. The Bertz CT molecular complexity index is 360. The van der Waals surface area contributed by atoms with Gasteiger partial charge in [-0.2, -0.15) is 4.37 Å². The molecule has 1 unspecified atom stereocenters. The smallest absolute Gasteiger partial charge is 0.204 e. The molecule has 0 aromatic carbocycles. The Kier molecular flexibility index (Phi) is 4.90. The average molecular weight is 245 g/mol. The van der Waals surface area contributed by atoms with Crippen molar-refractivity contribution in [3.8, 4) is 0 Å². The van der Waals surface area contributed by atoms with Crippen molar-refractivity contribution in [2.45, 2.75) is 12.7 Å². The van der Waals surface area contributed by atoms with E-state index in [1.807, 2.05) is 38.1 Å². The zero-order valence-electron chi connectivity index (χ0n) is 9.14. The summed E-state index contributed by atoms with van der Waals surface area (Å²) in [5, 5.41) is 0.855. The van der Waals surface area contributed by atoms with E-state index in [-0.39, 0.29) is 0 Å². The van der Waals surface area contributed by atoms with E-state index in [0.717, 1.165) is 5.13 Å². The zero-order chi connectivity index (χ0) is 11.3. The number of hydrogen-bond donors (Lipinski definition) is 0. The van der Waals surface area contributed by atoms with Crippen molar-refractivity contribution in [1.29, 1.82) is 0 Å². The van der Waals surface area contributed by atoms with Crippen LogP contribution in [0.5, 0.6) is 0 Å². The summed E-state index contributed by atoms with van der Waals surface area (Å²) in [6.07, 6.45) is 3.80. The van der Waals surface area contributed by atoms with Gasteiger partial charge in [0.2, 0.25) is 5.13 Å². The van der Waals surface area contributed by atoms with Gasteiger partial charge in [0.25, 0.3) is 0 Å². The van der Waals surface area contributed by atoms with E-state index in [9.17, 15) is 4.21 Å². The van der Waals surface area contributed by atoms with Crippen molar-refractivity contribution in [2.24, 2.45) is 0 Å². The van der Waals surface area contributed by atoms with Gasteiger partial charge in [-0.05, 0) is 6.92 Å². The molecule has 0 saturated carbocycles. The molecule has 1 rings (SSSR count). The van der Waals surface area contributed by atoms with Crippen LogP contribution in [0, 0.1) is 0 Å². The first-order valence-corrected chi connectivity index (χ1v) is 6.85. The third kappa shape index (κ3) is 4.09. The van der Waals surface area contributed by atoms with Crippen molar-refractivity contribution in [1.82, 2.24) is 9.36 Å². The molecule has 1 aromatic rings. The van der Waals surface area contributed by atoms with E-state index >= 15 is 0 Å². The molecular formula is C9H15N3OS2. The van der Waals surface area contributed by atoms with Crippen LogP contribution in [0.3, 0.4) is 0 Å². The predicted molar refractivity (Wildman–Crippen MR) is 65.8 cm³/mol. The molecule has 0 amide bonds. The lowest BCUT2D eigenvalue weighted by molar-refractivity contribution is 0.683. The average Bonchev–Trinajstić information content (AvgIpc) is 2.63. The molecule has 1 heterocycles. The summed E-state index contributed by atoms with van der Waals surface area (Å²) in [7, 11) is 2.94. The van der Waals surface area contributed by atoms with E-state index in [0.29, 0.717) is 17.3 Å². The first-order valence-electron chi connectivity index (χ1n) is 4.59. The monoisotopic (exact) mass is 245 g/mol. The molecule has 1 atom stereocenters. The highest BCUT2D eigenvalue weighted by molar-refractivity contribution is 7.84. The van der Waals surface area contributed by atoms with Crippen LogP contribution in [-0.4, -0.2) is 33.4 Å². The molecule has 1 aromatic heterocycles. The molecule has 0 aliphatic carbocycles. The molecule has 4 nitrogen and oxygen atoms in total. The maximum atomic E-state index is 11.5. The van der Waals surface area contributed by atoms with Crippen LogP contribution < -0.4 is 4.90 Å². The van der Waals surface area contributed by atoms with Crippen LogP contribution >= 0.6 is 11.5 Å². The van der Waals surface area contributed by atoms with Gasteiger partial charge in [0.1, 0.15) is 0 Å². The topological polar surface area (TPSA) is 46.1 Å². The quantitative estimate of drug-likeness (QED) is 0.736. The minimum atomic E-state index is -0.894. The summed E-state index contributed by atoms with van der Waals surface area (Å²) in [6, 6.07) is 0. The fourth-order valence-electron chi connectivity index (χ4n) is 0.891. The van der Waals surface area contributed by atoms with Crippen LogP contribution in [-0.2, 0) is 16.6 Å². The minimum Gasteiger partial charge on any atom is -0.353 e. The highest BCUT2D eigenvalue weighted by Crippen LogP contribution is 2.14. The van der Waals surface area contributed by atoms with Crippen molar-refractivity contribution in [3.05, 3.63) is 18.0 Å². The molecule has 0 spiro atoms. The normalized spacial score (nSPS) is 13.3. The van der Waals surface area contributed by atoms with Gasteiger partial charge < -0.3 is 4.90 Å². The third-order valence-corrected chi connectivity index (χ3v) is 3.71. The second-order valence-corrected chi connectivity index (χ2v) is 5.44. The summed E-state index contributed by atoms with van der Waals surface area (Å²) >= 11 is 1.34. The Labute approximate surface area is 96.7 Å². The van der Waals surface area contributed by atoms with Gasteiger partial charge in [-0.1, -0.05) is 12.2 Å². The maximum Gasteiger partial charge on any atom is 0.204 e. The molecule has 0 bridgehead atoms. The van der Waals surface area contributed by atoms with E-state index < -0.39 is 10.8 Å². The highest BCUT2D eigenvalue weighted by Gasteiger charge is 2.08. The van der Waals surface area contributed by atoms with Gasteiger partial charge in [-0.25, -0.2) is 4.98 Å². The SMILES string of the molecule is C/C=C/CS(=O)Cc1nsc(N(C)C)n1. The minimum absolute atomic E-state index is 0.439. The van der Waals surface area contributed by atoms with Gasteiger partial charge in [0, 0.05) is 42.2 Å². The molecule has 15 heavy (non-hydrogen) atoms. The number of anilines is 1. The Morgan fingerprint density at radius 2 is 2.27 bits per heavy atom. The summed E-state index contributed by atoms with van der Waals surface area (Å²) in [6.45, 7) is 1.92. The van der Waals surface area contributed by atoms with Crippen LogP contribution in [0.15, 0.2) is 12.2 Å². The lowest BCUT2D eigenvalue weighted by atomic mass is 10.6. The number of aromatic nitrogens is 2. The van der Waals surface area contributed by atoms with Crippen LogP contribution in [0.2, 0.25) is 0 Å². The van der Waals surface area contributed by atoms with Crippen molar-refractivity contribution in [2.75, 3.05) is 24.7 Å². The summed E-state index contributed by atoms with van der Waals surface area (Å²) in [5.41, 5.74) is 0. The van der Waals surface area contributed by atoms with Gasteiger partial charge >= 0.3 is 0 Å². The maximum absolute atomic E-state index is 11.5. The number of allylic oxidation sites excluding steroid dienone is 1. The van der Waals surface area contributed by atoms with Crippen molar-refractivity contribution in [3.63, 3.8) is 0 Å². The largest absolute Gasteiger partial charge is 0.353 e. The molecule has 0 N–H and O–H groups in total. The van der Waals surface area contributed by atoms with Crippen molar-refractivity contribution >= 4 is 27.5 Å². The number of rotatable bonds is 5. The van der Waals surface area contributed by atoms with E-state index in [2.05, 4.69) is 9.36 Å². The highest BCUT2D eigenvalue weighted by atomic mass is 32.2. The lowest BCUT2D eigenvalue weighted by Crippen LogP contribution is -2.08. The Hall–Kier alpha value is -0.750. The Morgan fingerprint density at radius 1 is 1.53 bits per heavy atom. The summed E-state index contributed by atoms with van der Waals surface area (Å²) in [5.74, 6) is 1.69. The fourth-order valence-corrected chi connectivity index (χ4v) is 2.52. The van der Waals surface area contributed by atoms with Crippen molar-refractivity contribution < 1.29 is 4.21 Å². The fraction of sp³-hybridized carbons (Fsp3) is 0.556. The molecule has 0 aliphatic rings. The first kappa shape index (κ1) is 12.3. The van der Waals surface area contributed by atoms with Crippen LogP contribution in [0.1, 0.15) is 12.7 Å². The van der Waals surface area contributed by atoms with E-state index in [1.54, 1.807) is 0 Å². The van der Waals surface area contributed by atoms with Crippen LogP contribution in [0.4, 0.5) is 5.13 Å². The lowest BCUT2D eigenvalue weighted by Gasteiger charge is -2.04. The van der Waals surface area contributed by atoms with Crippen LogP contribution in [0.25, 0.3) is 0 Å². The summed E-state index contributed by atoms with van der Waals surface area (Å²) < 4.78 is 15.7. The second kappa shape index (κ2) is 5.97. The van der Waals surface area contributed by atoms with Gasteiger partial charge in [-0.15, -0.1) is 0 Å². The van der Waals surface area contributed by atoms with Gasteiger partial charge in [0.15, 0.2) is 5.82 Å². The van der Waals surface area contributed by atoms with Gasteiger partial charge in [0.05, 0.1) is 5.75 Å². The molecule has 0 radical (unpaired) electrons. The molecule has 0 saturated heterocycles. The zero-order valence-corrected chi connectivity index (χ0v) is 10.8. The summed E-state index contributed by atoms with van der Waals surface area (Å²) in [4.78, 5) is 6.17. The molecule has 84 valence electrons. The Morgan fingerprint density at radius 3 is 2.80 bits per heavy atom. The standard InChI is InChI=1S/C9H15N3OS2/c1-4-5-6-15(13)7-8-10-9(12(2)3)14-11-8/h4-5H,6-7H2,1-3H3/b5-4+. The number of hydrogen-bond acceptors (Lipinski definition) is 5. The third-order valence-electron chi connectivity index (χ3n) is 1.65. The molecule has 0 fully saturated rings. The molecule has 0 aliphatic heterocycles. The predicted octanol–water partition coefficient (Wildman–Crippen LogP) is 1.43. The Balaban J connectivity index is 2.53. The number of nitrogens with zero attached hydrogens (tertiary/aromatic N) is 3.